The average molecular weight is 521 g/mol. The number of benzene rings is 2. The van der Waals surface area contributed by atoms with Crippen LogP contribution < -0.4 is 4.90 Å². The van der Waals surface area contributed by atoms with E-state index < -0.39 is 26.7 Å². The zero-order valence-electron chi connectivity index (χ0n) is 19.2. The van der Waals surface area contributed by atoms with Gasteiger partial charge in [0, 0.05) is 23.5 Å². The number of halogens is 3. The van der Waals surface area contributed by atoms with E-state index in [-0.39, 0.29) is 34.7 Å². The van der Waals surface area contributed by atoms with Crippen molar-refractivity contribution >= 4 is 21.6 Å². The molecule has 3 heterocycles. The molecule has 3 aliphatic heterocycles. The molecule has 0 amide bonds. The van der Waals surface area contributed by atoms with Gasteiger partial charge in [-0.3, -0.25) is 4.79 Å². The van der Waals surface area contributed by atoms with Crippen LogP contribution in [0.2, 0.25) is 0 Å². The first kappa shape index (κ1) is 24.7. The van der Waals surface area contributed by atoms with Crippen LogP contribution in [0.1, 0.15) is 48.9 Å². The van der Waals surface area contributed by atoms with Crippen LogP contribution in [0.3, 0.4) is 0 Å². The van der Waals surface area contributed by atoms with Gasteiger partial charge in [0.1, 0.15) is 6.04 Å². The average Bonchev–Trinajstić information content (AvgIpc) is 3.28. The molecule has 2 N–H and O–H groups in total. The molecular formula is C26H25F3NO5S+. The number of hydrogen-bond acceptors (Lipinski definition) is 4. The number of rotatable bonds is 2. The largest absolute Gasteiger partial charge is 0.490 e. The molecule has 4 bridgehead atoms. The van der Waals surface area contributed by atoms with Gasteiger partial charge in [0.25, 0.3) is 0 Å². The molecule has 1 aliphatic carbocycles. The van der Waals surface area contributed by atoms with Crippen LogP contribution in [-0.2, 0) is 19.4 Å². The van der Waals surface area contributed by atoms with Crippen LogP contribution in [0.5, 0.6) is 0 Å². The Morgan fingerprint density at radius 3 is 2.25 bits per heavy atom. The minimum atomic E-state index is -5.08. The second kappa shape index (κ2) is 8.27. The number of carboxylic acid groups (broad SMARTS) is 1. The Kier molecular flexibility index (Phi) is 5.68. The number of aliphatic carboxylic acids is 1. The number of ketones is 1. The number of alkyl halides is 3. The molecule has 190 valence electrons. The molecule has 3 fully saturated rings. The molecule has 36 heavy (non-hydrogen) atoms. The van der Waals surface area contributed by atoms with E-state index in [0.29, 0.717) is 6.42 Å². The lowest BCUT2D eigenvalue weighted by atomic mass is 9.69. The normalized spacial score (nSPS) is 32.2. The number of piperidine rings is 1. The summed E-state index contributed by atoms with van der Waals surface area (Å²) in [7, 11) is -3.84. The molecule has 10 heteroatoms. The van der Waals surface area contributed by atoms with Crippen LogP contribution in [-0.4, -0.2) is 42.2 Å². The molecule has 0 spiro atoms. The number of carboxylic acids is 1. The fourth-order valence-corrected chi connectivity index (χ4v) is 9.14. The van der Waals surface area contributed by atoms with E-state index in [9.17, 15) is 26.4 Å². The van der Waals surface area contributed by atoms with Gasteiger partial charge in [0.05, 0.1) is 10.9 Å². The van der Waals surface area contributed by atoms with Gasteiger partial charge in [-0.2, -0.15) is 13.2 Å². The number of carbonyl (C=O) groups is 2. The molecule has 0 aromatic heterocycles. The highest BCUT2D eigenvalue weighted by atomic mass is 32.2. The summed E-state index contributed by atoms with van der Waals surface area (Å²) in [6.45, 7) is 4.31. The number of hydrogen-bond donors (Lipinski definition) is 2. The summed E-state index contributed by atoms with van der Waals surface area (Å²) in [5.41, 5.74) is 3.22. The number of nitrogens with one attached hydrogen (secondary N) is 1. The minimum absolute atomic E-state index is 0.0942. The van der Waals surface area contributed by atoms with Crippen LogP contribution in [0.15, 0.2) is 71.6 Å². The molecular weight excluding hydrogens is 495 g/mol. The highest BCUT2D eigenvalue weighted by molar-refractivity contribution is 7.93. The second-order valence-electron chi connectivity index (χ2n) is 9.84. The molecule has 2 aromatic rings. The summed E-state index contributed by atoms with van der Waals surface area (Å²) < 4.78 is 58.5. The summed E-state index contributed by atoms with van der Waals surface area (Å²) in [4.78, 5) is 24.3. The lowest BCUT2D eigenvalue weighted by Crippen LogP contribution is -3.15. The summed E-state index contributed by atoms with van der Waals surface area (Å²) in [6, 6.07) is 16.2. The summed E-state index contributed by atoms with van der Waals surface area (Å²) >= 11 is 0. The SMILES string of the molecule is C=C1CCC[C@@H]2[C@@H]1CC1(S(=O)(=O)c3ccccc3)C(=O)C3c4ccccc4C1[NH+]32.O=C(O)C(F)(F)F. The van der Waals surface area contributed by atoms with Gasteiger partial charge >= 0.3 is 12.1 Å². The molecule has 2 saturated heterocycles. The summed E-state index contributed by atoms with van der Waals surface area (Å²) in [5.74, 6) is -2.76. The first-order chi connectivity index (χ1) is 16.9. The molecule has 6 rings (SSSR count). The third-order valence-electron chi connectivity index (χ3n) is 8.18. The van der Waals surface area contributed by atoms with Crippen molar-refractivity contribution in [3.8, 4) is 0 Å². The minimum Gasteiger partial charge on any atom is -0.475 e. The van der Waals surface area contributed by atoms with Crippen molar-refractivity contribution < 1.29 is 41.2 Å². The highest BCUT2D eigenvalue weighted by Crippen LogP contribution is 2.57. The lowest BCUT2D eigenvalue weighted by molar-refractivity contribution is -0.969. The third-order valence-corrected chi connectivity index (χ3v) is 10.6. The Morgan fingerprint density at radius 1 is 1.06 bits per heavy atom. The smallest absolute Gasteiger partial charge is 0.475 e. The van der Waals surface area contributed by atoms with Crippen LogP contribution in [0.25, 0.3) is 0 Å². The van der Waals surface area contributed by atoms with E-state index in [1.54, 1.807) is 24.3 Å². The summed E-state index contributed by atoms with van der Waals surface area (Å²) in [6.07, 6.45) is -1.65. The number of Topliss-reactive ketones (excluding diaryl/α,β-unsaturated/α-hetero) is 1. The van der Waals surface area contributed by atoms with Crippen molar-refractivity contribution in [3.63, 3.8) is 0 Å². The van der Waals surface area contributed by atoms with Crippen LogP contribution in [0, 0.1) is 5.92 Å². The molecule has 6 nitrogen and oxygen atoms in total. The topological polar surface area (TPSA) is 93.0 Å². The van der Waals surface area contributed by atoms with Gasteiger partial charge in [-0.05, 0) is 31.4 Å². The predicted molar refractivity (Wildman–Crippen MR) is 123 cm³/mol. The maximum absolute atomic E-state index is 14.1. The first-order valence-corrected chi connectivity index (χ1v) is 13.2. The Morgan fingerprint density at radius 2 is 1.64 bits per heavy atom. The maximum Gasteiger partial charge on any atom is 0.490 e. The van der Waals surface area contributed by atoms with Gasteiger partial charge in [0.2, 0.25) is 5.78 Å². The zero-order valence-corrected chi connectivity index (χ0v) is 20.0. The zero-order chi connectivity index (χ0) is 26.0. The van der Waals surface area contributed by atoms with Gasteiger partial charge < -0.3 is 10.0 Å². The van der Waals surface area contributed by atoms with E-state index in [2.05, 4.69) is 6.58 Å². The van der Waals surface area contributed by atoms with E-state index in [1.165, 1.54) is 4.90 Å². The Hall–Kier alpha value is -2.98. The maximum atomic E-state index is 14.1. The van der Waals surface area contributed by atoms with Gasteiger partial charge in [-0.15, -0.1) is 0 Å². The first-order valence-electron chi connectivity index (χ1n) is 11.7. The molecule has 0 radical (unpaired) electrons. The molecule has 4 aliphatic rings. The van der Waals surface area contributed by atoms with Crippen molar-refractivity contribution in [2.45, 2.75) is 59.6 Å². The van der Waals surface area contributed by atoms with Crippen molar-refractivity contribution in [2.24, 2.45) is 5.92 Å². The van der Waals surface area contributed by atoms with Crippen molar-refractivity contribution in [3.05, 3.63) is 77.9 Å². The standard InChI is InChI=1S/C24H23NO3S.C2HF3O2/c1-15-8-7-13-20-19(15)14-24(29(27,28)16-9-3-2-4-10-16)22-18-12-6-5-11-17(18)21(23(24)26)25(20)22;3-2(4,5)1(6)7/h2-6,9-12,19-22H,1,7-8,13-14H2;(H,6,7)/p+1/t19-,20-,21?,22?,24?;/m1./s1. The van der Waals surface area contributed by atoms with Crippen molar-refractivity contribution in [1.82, 2.24) is 0 Å². The number of fused-ring (bicyclic) bond motifs is 3. The third kappa shape index (κ3) is 3.30. The van der Waals surface area contributed by atoms with Crippen LogP contribution >= 0.6 is 0 Å². The second-order valence-corrected chi connectivity index (χ2v) is 12.0. The fraction of sp³-hybridized carbons (Fsp3) is 0.385. The Bertz CT molecular complexity index is 1360. The van der Waals surface area contributed by atoms with Gasteiger partial charge in [-0.25, -0.2) is 13.2 Å². The van der Waals surface area contributed by atoms with E-state index in [1.807, 2.05) is 30.3 Å². The van der Waals surface area contributed by atoms with E-state index >= 15 is 0 Å². The van der Waals surface area contributed by atoms with E-state index in [0.717, 1.165) is 36.0 Å². The number of sulfone groups is 1. The molecule has 4 unspecified atom stereocenters. The summed E-state index contributed by atoms with van der Waals surface area (Å²) in [5, 5.41) is 7.12. The van der Waals surface area contributed by atoms with E-state index in [4.69, 9.17) is 9.90 Å². The predicted octanol–water partition coefficient (Wildman–Crippen LogP) is 3.22. The van der Waals surface area contributed by atoms with Gasteiger partial charge in [0.15, 0.2) is 20.6 Å². The Labute approximate surface area is 206 Å². The number of quaternary nitrogens is 1. The molecule has 1 saturated carbocycles. The monoisotopic (exact) mass is 520 g/mol. The van der Waals surface area contributed by atoms with Crippen molar-refractivity contribution in [1.29, 1.82) is 0 Å². The fourth-order valence-electron chi connectivity index (χ4n) is 6.85. The number of carbonyl (C=O) groups excluding carboxylic acids is 1. The lowest BCUT2D eigenvalue weighted by Gasteiger charge is -2.47. The van der Waals surface area contributed by atoms with Crippen molar-refractivity contribution in [2.75, 3.05) is 0 Å². The molecule has 6 atom stereocenters. The van der Waals surface area contributed by atoms with Gasteiger partial charge in [-0.1, -0.05) is 54.6 Å². The van der Waals surface area contributed by atoms with Crippen LogP contribution in [0.4, 0.5) is 13.2 Å². The quantitative estimate of drug-likeness (QED) is 0.594. The molecule has 2 aromatic carbocycles. The highest BCUT2D eigenvalue weighted by Gasteiger charge is 2.79. The Balaban J connectivity index is 0.000000338.